The Balaban J connectivity index is 1.10. The van der Waals surface area contributed by atoms with Gasteiger partial charge in [0.1, 0.15) is 17.2 Å². The number of nitro benzene ring substituents is 1. The first-order valence-corrected chi connectivity index (χ1v) is 21.5. The van der Waals surface area contributed by atoms with E-state index in [4.69, 9.17) is 14.2 Å². The number of fused-ring (bicyclic) bond motifs is 2. The number of benzene rings is 4. The summed E-state index contributed by atoms with van der Waals surface area (Å²) in [5, 5.41) is 16.3. The molecule has 0 radical (unpaired) electrons. The first kappa shape index (κ1) is 42.7. The van der Waals surface area contributed by atoms with E-state index in [0.717, 1.165) is 38.9 Å². The number of ketones is 1. The van der Waals surface area contributed by atoms with E-state index >= 15 is 9.59 Å². The van der Waals surface area contributed by atoms with E-state index in [1.54, 1.807) is 18.5 Å². The minimum absolute atomic E-state index is 0.0656. The van der Waals surface area contributed by atoms with Gasteiger partial charge in [0.2, 0.25) is 18.0 Å². The zero-order valence-electron chi connectivity index (χ0n) is 34.7. The van der Waals surface area contributed by atoms with E-state index in [-0.39, 0.29) is 16.8 Å². The van der Waals surface area contributed by atoms with Crippen molar-refractivity contribution in [1.82, 2.24) is 20.1 Å². The molecule has 4 aromatic carbocycles. The predicted molar refractivity (Wildman–Crippen MR) is 226 cm³/mol. The number of Topliss-reactive ketones (excluding diaryl/α,β-unsaturated/α-hetero) is 1. The van der Waals surface area contributed by atoms with Crippen molar-refractivity contribution < 1.29 is 51.5 Å². The number of aromatic nitrogens is 1. The van der Waals surface area contributed by atoms with Crippen LogP contribution >= 0.6 is 12.6 Å². The molecule has 2 saturated carbocycles. The van der Waals surface area contributed by atoms with Gasteiger partial charge < -0.3 is 19.5 Å². The third-order valence-electron chi connectivity index (χ3n) is 13.6. The van der Waals surface area contributed by atoms with E-state index < -0.39 is 106 Å². The van der Waals surface area contributed by atoms with Gasteiger partial charge in [0.25, 0.3) is 17.5 Å². The zero-order valence-corrected chi connectivity index (χ0v) is 35.6. The topological polar surface area (TPSA) is 171 Å². The van der Waals surface area contributed by atoms with Crippen LogP contribution in [0.2, 0.25) is 0 Å². The normalized spacial score (nSPS) is 28.4. The van der Waals surface area contributed by atoms with Crippen LogP contribution in [0.25, 0.3) is 10.8 Å². The average molecular weight is 908 g/mol. The van der Waals surface area contributed by atoms with E-state index in [9.17, 15) is 32.9 Å². The number of halogens is 3. The molecule has 5 aliphatic rings. The molecule has 4 heterocycles. The summed E-state index contributed by atoms with van der Waals surface area (Å²) in [4.78, 5) is 79.0. The molecule has 5 fully saturated rings. The molecule has 14 nitrogen and oxygen atoms in total. The van der Waals surface area contributed by atoms with Crippen molar-refractivity contribution in [2.75, 3.05) is 0 Å². The molecule has 5 aromatic rings. The number of nitrogens with zero attached hydrogens (tertiary/aromatic N) is 4. The number of rotatable bonds is 14. The highest BCUT2D eigenvalue weighted by atomic mass is 32.1. The van der Waals surface area contributed by atoms with Crippen LogP contribution in [-0.4, -0.2) is 73.6 Å². The molecule has 1 N–H and O–H groups in total. The molecule has 3 unspecified atom stereocenters. The summed E-state index contributed by atoms with van der Waals surface area (Å²) in [6, 6.07) is 22.8. The SMILES string of the molecule is CCC(Cc1cccc(S)c1)[C@@H]1O[C@H](c2cccc([N+](=O)[O-])c2)N([C@]23[C@@H]4C(c5cccc6cnccc56)[C@]42C(=O)N3C(C(=O)NCc2cccc(C(F)(F)F)c2)C(=O)C2OC(C)O2)C1=O. The van der Waals surface area contributed by atoms with Crippen LogP contribution < -0.4 is 5.32 Å². The van der Waals surface area contributed by atoms with Gasteiger partial charge in [-0.25, -0.2) is 0 Å². The number of pyridine rings is 1. The van der Waals surface area contributed by atoms with Crippen LogP contribution in [0.5, 0.6) is 0 Å². The Labute approximate surface area is 374 Å². The lowest BCUT2D eigenvalue weighted by Crippen LogP contribution is -2.78. The van der Waals surface area contributed by atoms with Gasteiger partial charge in [-0.1, -0.05) is 61.5 Å². The third kappa shape index (κ3) is 6.47. The van der Waals surface area contributed by atoms with Gasteiger partial charge in [-0.05, 0) is 78.1 Å². The molecule has 3 aliphatic heterocycles. The minimum atomic E-state index is -4.67. The summed E-state index contributed by atoms with van der Waals surface area (Å²) in [5.74, 6) is -4.86. The molecular weight excluding hydrogens is 868 g/mol. The fraction of sp³-hybridized carbons (Fsp3) is 0.340. The molecule has 65 heavy (non-hydrogen) atoms. The molecule has 3 amide bonds. The van der Waals surface area contributed by atoms with Crippen molar-refractivity contribution in [2.24, 2.45) is 17.3 Å². The second-order valence-corrected chi connectivity index (χ2v) is 17.6. The summed E-state index contributed by atoms with van der Waals surface area (Å²) >= 11 is 4.50. The smallest absolute Gasteiger partial charge is 0.350 e. The quantitative estimate of drug-likeness (QED) is 0.0394. The van der Waals surface area contributed by atoms with Crippen LogP contribution in [0.15, 0.2) is 114 Å². The average Bonchev–Trinajstić information content (AvgIpc) is 4.09. The zero-order chi connectivity index (χ0) is 45.7. The van der Waals surface area contributed by atoms with Crippen molar-refractivity contribution in [3.63, 3.8) is 0 Å². The highest BCUT2D eigenvalue weighted by molar-refractivity contribution is 7.80. The Morgan fingerprint density at radius 1 is 0.969 bits per heavy atom. The first-order valence-electron chi connectivity index (χ1n) is 21.1. The molecule has 3 saturated heterocycles. The molecule has 18 heteroatoms. The molecule has 10 rings (SSSR count). The molecule has 2 aliphatic carbocycles. The number of likely N-dealkylation sites (tertiary alicyclic amines) is 1. The maximum absolute atomic E-state index is 15.5. The molecule has 8 atom stereocenters. The van der Waals surface area contributed by atoms with Crippen molar-refractivity contribution in [1.29, 1.82) is 0 Å². The first-order chi connectivity index (χ1) is 31.1. The number of carbonyl (C=O) groups is 4. The van der Waals surface area contributed by atoms with Gasteiger partial charge in [-0.3, -0.25) is 44.1 Å². The Morgan fingerprint density at radius 2 is 1.71 bits per heavy atom. The number of carbonyl (C=O) groups excluding carboxylic acids is 4. The number of nitro groups is 1. The standard InChI is InChI=1S/C47H40F3N5O9S/c1-3-27(18-25-8-5-14-32(65)20-25)38-41(58)54(42(64-38)28-10-6-13-31(21-28)55(60)61)46-39-35(34-15-7-11-29-23-51-17-16-33(29)34)45(39,46)44(59)53(46)36(37(56)43-62-24(2)63-43)40(57)52-22-26-9-4-12-30(19-26)47(48,49)50/h4-17,19-21,23-24,27,35-36,38-39,42-43,65H,3,18,22H2,1-2H3,(H,52,57)/t24?,27?,35?,36?,38-,39+,42+,43?,45+,46+/m0/s1. The molecule has 1 aromatic heterocycles. The molecule has 1 spiro atoms. The van der Waals surface area contributed by atoms with Crippen LogP contribution in [0.3, 0.4) is 0 Å². The summed E-state index contributed by atoms with van der Waals surface area (Å²) in [6.45, 7) is 2.97. The second kappa shape index (κ2) is 15.5. The number of nitrogens with one attached hydrogen (secondary N) is 1. The molecular formula is C47H40F3N5O9S. The van der Waals surface area contributed by atoms with Crippen LogP contribution in [0, 0.1) is 27.4 Å². The minimum Gasteiger partial charge on any atom is -0.350 e. The van der Waals surface area contributed by atoms with Crippen molar-refractivity contribution in [3.05, 3.63) is 147 Å². The number of alkyl halides is 3. The van der Waals surface area contributed by atoms with Crippen molar-refractivity contribution in [2.45, 2.75) is 86.8 Å². The van der Waals surface area contributed by atoms with Crippen molar-refractivity contribution in [3.8, 4) is 0 Å². The van der Waals surface area contributed by atoms with E-state index in [2.05, 4.69) is 22.9 Å². The lowest BCUT2D eigenvalue weighted by molar-refractivity contribution is -0.385. The number of β-lactam (4-membered cyclic amide) rings is 1. The van der Waals surface area contributed by atoms with Gasteiger partial charge in [0.15, 0.2) is 18.6 Å². The van der Waals surface area contributed by atoms with Gasteiger partial charge in [0.05, 0.1) is 10.5 Å². The Bertz CT molecular complexity index is 2820. The largest absolute Gasteiger partial charge is 0.416 e. The fourth-order valence-corrected chi connectivity index (χ4v) is 11.0. The van der Waals surface area contributed by atoms with E-state index in [1.165, 1.54) is 42.2 Å². The van der Waals surface area contributed by atoms with E-state index in [1.807, 2.05) is 55.5 Å². The van der Waals surface area contributed by atoms with Crippen LogP contribution in [-0.2, 0) is 52.5 Å². The number of non-ortho nitro benzene ring substituents is 1. The predicted octanol–water partition coefficient (Wildman–Crippen LogP) is 6.87. The maximum atomic E-state index is 15.5. The van der Waals surface area contributed by atoms with Gasteiger partial charge in [-0.15, -0.1) is 12.6 Å². The monoisotopic (exact) mass is 907 g/mol. The summed E-state index contributed by atoms with van der Waals surface area (Å²) in [6.07, 6.45) is -5.44. The van der Waals surface area contributed by atoms with Crippen LogP contribution in [0.4, 0.5) is 18.9 Å². The van der Waals surface area contributed by atoms with Gasteiger partial charge >= 0.3 is 6.18 Å². The molecule has 334 valence electrons. The second-order valence-electron chi connectivity index (χ2n) is 17.1. The number of thiol groups is 1. The Hall–Kier alpha value is -6.21. The van der Waals surface area contributed by atoms with Crippen LogP contribution in [0.1, 0.15) is 60.2 Å². The fourth-order valence-electron chi connectivity index (χ4n) is 10.7. The number of amides is 3. The third-order valence-corrected chi connectivity index (χ3v) is 13.9. The van der Waals surface area contributed by atoms with Crippen molar-refractivity contribution >= 4 is 52.6 Å². The number of hydrogen-bond acceptors (Lipinski definition) is 11. The van der Waals surface area contributed by atoms with Gasteiger partial charge in [0, 0.05) is 58.8 Å². The number of piperidine rings is 1. The highest BCUT2D eigenvalue weighted by Gasteiger charge is 3.11. The lowest BCUT2D eigenvalue weighted by atomic mass is 9.77. The summed E-state index contributed by atoms with van der Waals surface area (Å²) < 4.78 is 58.9. The van der Waals surface area contributed by atoms with Gasteiger partial charge in [-0.2, -0.15) is 13.2 Å². The summed E-state index contributed by atoms with van der Waals surface area (Å²) in [7, 11) is 0. The maximum Gasteiger partial charge on any atom is 0.416 e. The number of hydrogen-bond donors (Lipinski definition) is 2. The lowest BCUT2D eigenvalue weighted by Gasteiger charge is -2.57. The summed E-state index contributed by atoms with van der Waals surface area (Å²) in [5.41, 5.74) is -2.36. The number of ether oxygens (including phenoxy) is 3. The van der Waals surface area contributed by atoms with E-state index in [0.29, 0.717) is 17.7 Å². The Morgan fingerprint density at radius 3 is 2.42 bits per heavy atom. The Kier molecular flexibility index (Phi) is 10.2. The molecule has 0 bridgehead atoms. The highest BCUT2D eigenvalue weighted by Crippen LogP contribution is 2.99.